The molecular formula is C22H25N5O2. The van der Waals surface area contributed by atoms with Crippen LogP contribution in [0.4, 0.5) is 5.69 Å². The molecule has 1 fully saturated rings. The van der Waals surface area contributed by atoms with Gasteiger partial charge in [-0.05, 0) is 37.8 Å². The van der Waals surface area contributed by atoms with Gasteiger partial charge in [0.1, 0.15) is 5.69 Å². The summed E-state index contributed by atoms with van der Waals surface area (Å²) in [5.74, 6) is -0.333. The molecule has 0 atom stereocenters. The standard InChI is InChI=1S/C22H25N5O2/c1-14-20(12-24-27(14)13-15-7-3-2-4-8-15)26-22(29)17-11-19(21(23)28)25-18-10-6-5-9-16(17)18/h5-6,9-12,15H,2-4,7-8,13H2,1H3,(H2,23,28)(H,26,29). The summed E-state index contributed by atoms with van der Waals surface area (Å²) >= 11 is 0. The van der Waals surface area contributed by atoms with Gasteiger partial charge in [-0.3, -0.25) is 14.3 Å². The van der Waals surface area contributed by atoms with Crippen molar-refractivity contribution in [1.29, 1.82) is 0 Å². The minimum atomic E-state index is -0.665. The topological polar surface area (TPSA) is 103 Å². The third-order valence-electron chi connectivity index (χ3n) is 5.72. The third kappa shape index (κ3) is 3.99. The number of amides is 2. The molecule has 0 unspecified atom stereocenters. The maximum absolute atomic E-state index is 13.0. The van der Waals surface area contributed by atoms with Crippen molar-refractivity contribution in [2.75, 3.05) is 5.32 Å². The lowest BCUT2D eigenvalue weighted by Crippen LogP contribution is -2.18. The lowest BCUT2D eigenvalue weighted by molar-refractivity contribution is 0.0996. The van der Waals surface area contributed by atoms with Gasteiger partial charge in [0.25, 0.3) is 11.8 Å². The number of nitrogens with one attached hydrogen (secondary N) is 1. The van der Waals surface area contributed by atoms with Crippen molar-refractivity contribution in [2.45, 2.75) is 45.6 Å². The molecule has 1 aliphatic rings. The first-order valence-electron chi connectivity index (χ1n) is 10.1. The molecule has 0 spiro atoms. The highest BCUT2D eigenvalue weighted by molar-refractivity contribution is 6.13. The quantitative estimate of drug-likeness (QED) is 0.692. The lowest BCUT2D eigenvalue weighted by Gasteiger charge is -2.22. The van der Waals surface area contributed by atoms with Crippen LogP contribution in [0.3, 0.4) is 0 Å². The number of carbonyl (C=O) groups excluding carboxylic acids is 2. The Kier molecular flexibility index (Phi) is 5.29. The van der Waals surface area contributed by atoms with Crippen molar-refractivity contribution in [2.24, 2.45) is 11.7 Å². The molecule has 0 saturated heterocycles. The number of nitrogens with zero attached hydrogens (tertiary/aromatic N) is 3. The first kappa shape index (κ1) is 19.1. The van der Waals surface area contributed by atoms with E-state index in [0.717, 1.165) is 12.2 Å². The summed E-state index contributed by atoms with van der Waals surface area (Å²) in [6.45, 7) is 2.84. The number of fused-ring (bicyclic) bond motifs is 1. The second-order valence-electron chi connectivity index (χ2n) is 7.72. The number of aromatic nitrogens is 3. The molecule has 3 aromatic rings. The van der Waals surface area contributed by atoms with E-state index in [-0.39, 0.29) is 11.6 Å². The molecule has 1 aromatic carbocycles. The van der Waals surface area contributed by atoms with Crippen LogP contribution in [0.2, 0.25) is 0 Å². The van der Waals surface area contributed by atoms with E-state index < -0.39 is 5.91 Å². The molecule has 3 N–H and O–H groups in total. The molecule has 2 heterocycles. The van der Waals surface area contributed by atoms with Crippen molar-refractivity contribution in [3.63, 3.8) is 0 Å². The van der Waals surface area contributed by atoms with Crippen LogP contribution < -0.4 is 11.1 Å². The lowest BCUT2D eigenvalue weighted by atomic mass is 9.89. The van der Waals surface area contributed by atoms with E-state index in [1.807, 2.05) is 17.7 Å². The number of pyridine rings is 1. The number of benzene rings is 1. The van der Waals surface area contributed by atoms with E-state index in [0.29, 0.717) is 28.1 Å². The maximum Gasteiger partial charge on any atom is 0.267 e. The highest BCUT2D eigenvalue weighted by Crippen LogP contribution is 2.27. The van der Waals surface area contributed by atoms with Gasteiger partial charge in [0.05, 0.1) is 28.7 Å². The molecule has 2 amide bonds. The van der Waals surface area contributed by atoms with Gasteiger partial charge in [0.15, 0.2) is 0 Å². The van der Waals surface area contributed by atoms with Gasteiger partial charge in [-0.2, -0.15) is 5.10 Å². The van der Waals surface area contributed by atoms with Crippen LogP contribution in [0.5, 0.6) is 0 Å². The second-order valence-corrected chi connectivity index (χ2v) is 7.72. The van der Waals surface area contributed by atoms with E-state index in [1.165, 1.54) is 38.2 Å². The zero-order chi connectivity index (χ0) is 20.4. The number of hydrogen-bond acceptors (Lipinski definition) is 4. The van der Waals surface area contributed by atoms with E-state index in [1.54, 1.807) is 24.4 Å². The number of para-hydroxylation sites is 1. The zero-order valence-electron chi connectivity index (χ0n) is 16.5. The number of rotatable bonds is 5. The van der Waals surface area contributed by atoms with Gasteiger partial charge in [-0.15, -0.1) is 0 Å². The number of nitrogens with two attached hydrogens (primary N) is 1. The van der Waals surface area contributed by atoms with E-state index in [2.05, 4.69) is 15.4 Å². The maximum atomic E-state index is 13.0. The Labute approximate surface area is 169 Å². The molecule has 7 heteroatoms. The summed E-state index contributed by atoms with van der Waals surface area (Å²) < 4.78 is 1.98. The predicted molar refractivity (Wildman–Crippen MR) is 112 cm³/mol. The molecule has 2 aromatic heterocycles. The fourth-order valence-electron chi connectivity index (χ4n) is 4.05. The number of anilines is 1. The molecule has 1 saturated carbocycles. The van der Waals surface area contributed by atoms with Crippen molar-refractivity contribution in [3.05, 3.63) is 53.5 Å². The van der Waals surface area contributed by atoms with Crippen LogP contribution in [-0.4, -0.2) is 26.6 Å². The normalized spacial score (nSPS) is 14.8. The zero-order valence-corrected chi connectivity index (χ0v) is 16.5. The van der Waals surface area contributed by atoms with Crippen LogP contribution >= 0.6 is 0 Å². The highest BCUT2D eigenvalue weighted by Gasteiger charge is 2.19. The van der Waals surface area contributed by atoms with Crippen LogP contribution in [0.1, 0.15) is 58.6 Å². The van der Waals surface area contributed by atoms with Crippen molar-refractivity contribution in [3.8, 4) is 0 Å². The molecule has 1 aliphatic carbocycles. The number of hydrogen-bond donors (Lipinski definition) is 2. The Morgan fingerprint density at radius 2 is 1.97 bits per heavy atom. The largest absolute Gasteiger partial charge is 0.364 e. The predicted octanol–water partition coefficient (Wildman–Crippen LogP) is 3.67. The van der Waals surface area contributed by atoms with Gasteiger partial charge in [-0.1, -0.05) is 37.5 Å². The van der Waals surface area contributed by atoms with Gasteiger partial charge in [-0.25, -0.2) is 4.98 Å². The van der Waals surface area contributed by atoms with Crippen LogP contribution in [0.15, 0.2) is 36.5 Å². The third-order valence-corrected chi connectivity index (χ3v) is 5.72. The summed E-state index contributed by atoms with van der Waals surface area (Å²) in [7, 11) is 0. The molecule has 7 nitrogen and oxygen atoms in total. The summed E-state index contributed by atoms with van der Waals surface area (Å²) in [5, 5.41) is 8.09. The van der Waals surface area contributed by atoms with Crippen molar-refractivity contribution >= 4 is 28.4 Å². The average molecular weight is 391 g/mol. The minimum absolute atomic E-state index is 0.0681. The average Bonchev–Trinajstić information content (AvgIpc) is 3.07. The van der Waals surface area contributed by atoms with Gasteiger partial charge in [0, 0.05) is 11.9 Å². The first-order valence-corrected chi connectivity index (χ1v) is 10.1. The Bertz CT molecular complexity index is 1070. The fraction of sp³-hybridized carbons (Fsp3) is 0.364. The smallest absolute Gasteiger partial charge is 0.267 e. The summed E-state index contributed by atoms with van der Waals surface area (Å²) in [5.41, 5.74) is 7.98. The van der Waals surface area contributed by atoms with E-state index in [9.17, 15) is 9.59 Å². The molecule has 29 heavy (non-hydrogen) atoms. The van der Waals surface area contributed by atoms with Gasteiger partial charge in [0.2, 0.25) is 0 Å². The second kappa shape index (κ2) is 8.03. The Morgan fingerprint density at radius 1 is 1.21 bits per heavy atom. The van der Waals surface area contributed by atoms with Crippen LogP contribution in [-0.2, 0) is 6.54 Å². The molecule has 0 radical (unpaired) electrons. The SMILES string of the molecule is Cc1c(NC(=O)c2cc(C(N)=O)nc3ccccc23)cnn1CC1CCCCC1. The summed E-state index contributed by atoms with van der Waals surface area (Å²) in [6, 6.07) is 8.65. The summed E-state index contributed by atoms with van der Waals surface area (Å²) in [4.78, 5) is 28.9. The Balaban J connectivity index is 1.59. The summed E-state index contributed by atoms with van der Waals surface area (Å²) in [6.07, 6.45) is 8.05. The van der Waals surface area contributed by atoms with Crippen molar-refractivity contribution < 1.29 is 9.59 Å². The van der Waals surface area contributed by atoms with Gasteiger partial charge < -0.3 is 11.1 Å². The molecule has 4 rings (SSSR count). The first-order chi connectivity index (χ1) is 14.0. The minimum Gasteiger partial charge on any atom is -0.364 e. The molecule has 150 valence electrons. The number of primary amides is 1. The monoisotopic (exact) mass is 391 g/mol. The highest BCUT2D eigenvalue weighted by atomic mass is 16.2. The Hall–Kier alpha value is -3.22. The molecular weight excluding hydrogens is 366 g/mol. The Morgan fingerprint density at radius 3 is 2.72 bits per heavy atom. The van der Waals surface area contributed by atoms with Crippen LogP contribution in [0, 0.1) is 12.8 Å². The fourth-order valence-corrected chi connectivity index (χ4v) is 4.05. The number of carbonyl (C=O) groups is 2. The molecule has 0 aliphatic heterocycles. The molecule has 0 bridgehead atoms. The van der Waals surface area contributed by atoms with E-state index in [4.69, 9.17) is 5.73 Å². The van der Waals surface area contributed by atoms with Crippen LogP contribution in [0.25, 0.3) is 10.9 Å². The van der Waals surface area contributed by atoms with Crippen molar-refractivity contribution in [1.82, 2.24) is 14.8 Å². The van der Waals surface area contributed by atoms with E-state index >= 15 is 0 Å². The van der Waals surface area contributed by atoms with Gasteiger partial charge >= 0.3 is 0 Å².